The van der Waals surface area contributed by atoms with Crippen LogP contribution in [-0.2, 0) is 12.6 Å². The molecule has 0 aromatic carbocycles. The first-order chi connectivity index (χ1) is 8.57. The van der Waals surface area contributed by atoms with Gasteiger partial charge in [0.2, 0.25) is 0 Å². The molecule has 18 heavy (non-hydrogen) atoms. The van der Waals surface area contributed by atoms with Crippen LogP contribution in [0.25, 0.3) is 0 Å². The number of pyridine rings is 1. The molecule has 0 radical (unpaired) electrons. The topological polar surface area (TPSA) is 53.6 Å². The summed E-state index contributed by atoms with van der Waals surface area (Å²) in [6.07, 6.45) is 0.633. The zero-order valence-corrected chi connectivity index (χ0v) is 9.33. The lowest BCUT2D eigenvalue weighted by Crippen LogP contribution is -2.14. The first-order valence-electron chi connectivity index (χ1n) is 5.30. The molecular weight excluding hydrogens is 245 g/mol. The molecule has 0 spiro atoms. The third kappa shape index (κ3) is 2.99. The molecule has 2 rings (SSSR count). The second-order valence-corrected chi connectivity index (χ2v) is 3.65. The lowest BCUT2D eigenvalue weighted by Gasteiger charge is -2.12. The molecule has 0 aliphatic rings. The van der Waals surface area contributed by atoms with Crippen molar-refractivity contribution in [1.82, 2.24) is 15.0 Å². The number of halogens is 3. The molecule has 0 aliphatic heterocycles. The average molecular weight is 256 g/mol. The van der Waals surface area contributed by atoms with Gasteiger partial charge in [-0.25, -0.2) is 9.97 Å². The maximum absolute atomic E-state index is 12.7. The van der Waals surface area contributed by atoms with Crippen LogP contribution >= 0.6 is 0 Å². The summed E-state index contributed by atoms with van der Waals surface area (Å²) in [5.74, 6) is -0.149. The summed E-state index contributed by atoms with van der Waals surface area (Å²) in [7, 11) is 0. The number of anilines is 1. The Hall–Kier alpha value is -2.05. The van der Waals surface area contributed by atoms with Gasteiger partial charge in [-0.05, 0) is 12.1 Å². The standard InChI is InChI=1S/C11H11F3N4/c12-11(13,14)9-2-1-4-16-10(9)17-5-3-8-6-15-7-18-8/h1-2,4,6-7H,3,5H2,(H,15,18)(H,16,17). The SMILES string of the molecule is FC(F)(F)c1cccnc1NCCc1cnc[nH]1. The summed E-state index contributed by atoms with van der Waals surface area (Å²) in [5, 5.41) is 2.68. The summed E-state index contributed by atoms with van der Waals surface area (Å²) >= 11 is 0. The fraction of sp³-hybridized carbons (Fsp3) is 0.273. The predicted octanol–water partition coefficient (Wildman–Crippen LogP) is 2.48. The molecule has 2 aromatic heterocycles. The van der Waals surface area contributed by atoms with E-state index in [2.05, 4.69) is 20.3 Å². The van der Waals surface area contributed by atoms with Gasteiger partial charge in [0.1, 0.15) is 5.82 Å². The fourth-order valence-corrected chi connectivity index (χ4v) is 1.51. The lowest BCUT2D eigenvalue weighted by atomic mass is 10.2. The van der Waals surface area contributed by atoms with Crippen molar-refractivity contribution in [3.05, 3.63) is 42.1 Å². The van der Waals surface area contributed by atoms with Crippen molar-refractivity contribution < 1.29 is 13.2 Å². The van der Waals surface area contributed by atoms with Gasteiger partial charge in [0, 0.05) is 31.1 Å². The number of hydrogen-bond donors (Lipinski definition) is 2. The summed E-state index contributed by atoms with van der Waals surface area (Å²) in [5.41, 5.74) is 0.0987. The molecule has 2 aromatic rings. The van der Waals surface area contributed by atoms with Crippen molar-refractivity contribution in [2.75, 3.05) is 11.9 Å². The van der Waals surface area contributed by atoms with Crippen molar-refractivity contribution in [1.29, 1.82) is 0 Å². The molecule has 0 fully saturated rings. The Morgan fingerprint density at radius 2 is 2.17 bits per heavy atom. The Balaban J connectivity index is 2.01. The van der Waals surface area contributed by atoms with Crippen LogP contribution in [0.2, 0.25) is 0 Å². The van der Waals surface area contributed by atoms with E-state index in [0.717, 1.165) is 11.8 Å². The Morgan fingerprint density at radius 3 is 2.83 bits per heavy atom. The van der Waals surface area contributed by atoms with E-state index in [1.807, 2.05) is 0 Å². The Labute approximate surface area is 101 Å². The minimum atomic E-state index is -4.40. The highest BCUT2D eigenvalue weighted by Gasteiger charge is 2.33. The van der Waals surface area contributed by atoms with Gasteiger partial charge in [-0.3, -0.25) is 0 Å². The molecular formula is C11H11F3N4. The van der Waals surface area contributed by atoms with Gasteiger partial charge in [0.25, 0.3) is 0 Å². The number of imidazole rings is 1. The zero-order chi connectivity index (χ0) is 13.0. The van der Waals surface area contributed by atoms with E-state index in [0.29, 0.717) is 13.0 Å². The van der Waals surface area contributed by atoms with Crippen LogP contribution in [0.4, 0.5) is 19.0 Å². The number of H-pyrrole nitrogens is 1. The molecule has 0 bridgehead atoms. The minimum Gasteiger partial charge on any atom is -0.369 e. The summed E-state index contributed by atoms with van der Waals surface area (Å²) in [4.78, 5) is 10.4. The zero-order valence-electron chi connectivity index (χ0n) is 9.33. The van der Waals surface area contributed by atoms with E-state index >= 15 is 0 Å². The van der Waals surface area contributed by atoms with E-state index in [9.17, 15) is 13.2 Å². The highest BCUT2D eigenvalue weighted by atomic mass is 19.4. The third-order valence-electron chi connectivity index (χ3n) is 2.35. The van der Waals surface area contributed by atoms with Gasteiger partial charge in [0.15, 0.2) is 0 Å². The second-order valence-electron chi connectivity index (χ2n) is 3.65. The molecule has 0 aliphatic carbocycles. The van der Waals surface area contributed by atoms with Crippen molar-refractivity contribution in [2.24, 2.45) is 0 Å². The first-order valence-corrected chi connectivity index (χ1v) is 5.30. The van der Waals surface area contributed by atoms with Gasteiger partial charge in [-0.2, -0.15) is 13.2 Å². The molecule has 0 unspecified atom stereocenters. The average Bonchev–Trinajstić information content (AvgIpc) is 2.81. The number of aromatic amines is 1. The van der Waals surface area contributed by atoms with Gasteiger partial charge in [-0.15, -0.1) is 0 Å². The monoisotopic (exact) mass is 256 g/mol. The van der Waals surface area contributed by atoms with Gasteiger partial charge < -0.3 is 10.3 Å². The maximum atomic E-state index is 12.7. The van der Waals surface area contributed by atoms with E-state index in [-0.39, 0.29) is 5.82 Å². The summed E-state index contributed by atoms with van der Waals surface area (Å²) in [6.45, 7) is 0.349. The highest BCUT2D eigenvalue weighted by molar-refractivity contribution is 5.45. The normalized spacial score (nSPS) is 11.5. The van der Waals surface area contributed by atoms with E-state index in [1.165, 1.54) is 18.6 Å². The van der Waals surface area contributed by atoms with E-state index in [1.54, 1.807) is 6.20 Å². The minimum absolute atomic E-state index is 0.149. The number of aromatic nitrogens is 3. The van der Waals surface area contributed by atoms with Crippen LogP contribution in [0, 0.1) is 0 Å². The van der Waals surface area contributed by atoms with Crippen LogP contribution < -0.4 is 5.32 Å². The van der Waals surface area contributed by atoms with Gasteiger partial charge in [0.05, 0.1) is 11.9 Å². The molecule has 0 amide bonds. The summed E-state index contributed by atoms with van der Waals surface area (Å²) in [6, 6.07) is 2.27. The molecule has 4 nitrogen and oxygen atoms in total. The largest absolute Gasteiger partial charge is 0.419 e. The van der Waals surface area contributed by atoms with Gasteiger partial charge >= 0.3 is 6.18 Å². The molecule has 2 heterocycles. The van der Waals surface area contributed by atoms with Crippen molar-refractivity contribution >= 4 is 5.82 Å². The van der Waals surface area contributed by atoms with Crippen LogP contribution in [0.5, 0.6) is 0 Å². The smallest absolute Gasteiger partial charge is 0.369 e. The third-order valence-corrected chi connectivity index (χ3v) is 2.35. The first kappa shape index (κ1) is 12.4. The molecule has 2 N–H and O–H groups in total. The maximum Gasteiger partial charge on any atom is 0.419 e. The fourth-order valence-electron chi connectivity index (χ4n) is 1.51. The lowest BCUT2D eigenvalue weighted by molar-refractivity contribution is -0.137. The molecule has 96 valence electrons. The number of nitrogens with zero attached hydrogens (tertiary/aromatic N) is 2. The second kappa shape index (κ2) is 5.07. The summed E-state index contributed by atoms with van der Waals surface area (Å²) < 4.78 is 38.0. The van der Waals surface area contributed by atoms with Gasteiger partial charge in [-0.1, -0.05) is 0 Å². The van der Waals surface area contributed by atoms with Crippen molar-refractivity contribution in [3.8, 4) is 0 Å². The quantitative estimate of drug-likeness (QED) is 0.883. The number of alkyl halides is 3. The number of nitrogens with one attached hydrogen (secondary N) is 2. The molecule has 7 heteroatoms. The van der Waals surface area contributed by atoms with Crippen molar-refractivity contribution in [2.45, 2.75) is 12.6 Å². The molecule has 0 atom stereocenters. The van der Waals surface area contributed by atoms with Crippen LogP contribution in [0.3, 0.4) is 0 Å². The number of hydrogen-bond acceptors (Lipinski definition) is 3. The van der Waals surface area contributed by atoms with Crippen LogP contribution in [-0.4, -0.2) is 21.5 Å². The van der Waals surface area contributed by atoms with E-state index in [4.69, 9.17) is 0 Å². The Kier molecular flexibility index (Phi) is 3.50. The Morgan fingerprint density at radius 1 is 1.33 bits per heavy atom. The van der Waals surface area contributed by atoms with Crippen LogP contribution in [0.15, 0.2) is 30.9 Å². The highest BCUT2D eigenvalue weighted by Crippen LogP contribution is 2.33. The van der Waals surface area contributed by atoms with Crippen molar-refractivity contribution in [3.63, 3.8) is 0 Å². The Bertz CT molecular complexity index is 493. The van der Waals surface area contributed by atoms with Crippen LogP contribution in [0.1, 0.15) is 11.3 Å². The number of rotatable bonds is 4. The molecule has 0 saturated carbocycles. The molecule has 0 saturated heterocycles. The predicted molar refractivity (Wildman–Crippen MR) is 60.0 cm³/mol. The van der Waals surface area contributed by atoms with E-state index < -0.39 is 11.7 Å².